The average Bonchev–Trinajstić information content (AvgIpc) is 3.15. The van der Waals surface area contributed by atoms with Gasteiger partial charge >= 0.3 is 0 Å². The minimum absolute atomic E-state index is 0.0764. The summed E-state index contributed by atoms with van der Waals surface area (Å²) in [4.78, 5) is 38.2. The maximum atomic E-state index is 12.4. The van der Waals surface area contributed by atoms with Crippen LogP contribution >= 0.6 is 11.3 Å². The summed E-state index contributed by atoms with van der Waals surface area (Å²) < 4.78 is 0. The maximum absolute atomic E-state index is 12.4. The van der Waals surface area contributed by atoms with Gasteiger partial charge in [-0.25, -0.2) is 0 Å². The van der Waals surface area contributed by atoms with E-state index in [1.54, 1.807) is 24.3 Å². The molecule has 1 aliphatic carbocycles. The van der Waals surface area contributed by atoms with Crippen LogP contribution < -0.4 is 16.2 Å². The first-order chi connectivity index (χ1) is 14.2. The van der Waals surface area contributed by atoms with Crippen molar-refractivity contribution in [2.75, 3.05) is 6.54 Å². The third-order valence-corrected chi connectivity index (χ3v) is 6.76. The van der Waals surface area contributed by atoms with E-state index >= 15 is 0 Å². The van der Waals surface area contributed by atoms with Gasteiger partial charge in [-0.2, -0.15) is 0 Å². The van der Waals surface area contributed by atoms with Gasteiger partial charge in [-0.3, -0.25) is 25.2 Å². The fourth-order valence-corrected chi connectivity index (χ4v) is 4.71. The zero-order valence-electron chi connectivity index (χ0n) is 17.7. The molecular weight excluding hydrogens is 398 g/mol. The smallest absolute Gasteiger partial charge is 0.279 e. The number of nitrogens with one attached hydrogen (secondary N) is 3. The summed E-state index contributed by atoms with van der Waals surface area (Å²) in [5, 5.41) is 2.69. The first kappa shape index (κ1) is 22.0. The van der Waals surface area contributed by atoms with Gasteiger partial charge in [0.1, 0.15) is 0 Å². The first-order valence-corrected chi connectivity index (χ1v) is 11.1. The Balaban J connectivity index is 1.43. The second-order valence-corrected chi connectivity index (χ2v) is 9.88. The summed E-state index contributed by atoms with van der Waals surface area (Å²) in [6, 6.07) is 10.8. The Morgan fingerprint density at radius 2 is 1.80 bits per heavy atom. The predicted molar refractivity (Wildman–Crippen MR) is 118 cm³/mol. The van der Waals surface area contributed by atoms with Crippen LogP contribution in [0.4, 0.5) is 0 Å². The zero-order valence-corrected chi connectivity index (χ0v) is 18.5. The molecule has 0 fully saturated rings. The number of benzene rings is 1. The standard InChI is InChI=1S/C23H29N3O3S/c1-23(2,3)17-9-10-18-16(13-17)14-19(30-18)22(29)26-25-20(27)11-12-24-21(28)15-7-5-4-6-8-15/h4-8,14,17H,9-13H2,1-3H3,(H,24,28)(H,25,27)(H,26,29). The highest BCUT2D eigenvalue weighted by molar-refractivity contribution is 7.14. The van der Waals surface area contributed by atoms with Gasteiger partial charge in [0.2, 0.25) is 5.91 Å². The predicted octanol–water partition coefficient (Wildman–Crippen LogP) is 3.48. The van der Waals surface area contributed by atoms with Crippen LogP contribution in [0.3, 0.4) is 0 Å². The number of amides is 3. The molecule has 3 rings (SSSR count). The van der Waals surface area contributed by atoms with E-state index in [4.69, 9.17) is 0 Å². The molecule has 1 aromatic carbocycles. The quantitative estimate of drug-likeness (QED) is 0.639. The number of rotatable bonds is 5. The number of carbonyl (C=O) groups is 3. The lowest BCUT2D eigenvalue weighted by Crippen LogP contribution is -2.42. The summed E-state index contributed by atoms with van der Waals surface area (Å²) in [7, 11) is 0. The molecule has 0 saturated carbocycles. The van der Waals surface area contributed by atoms with E-state index in [1.807, 2.05) is 12.1 Å². The molecule has 1 heterocycles. The zero-order chi connectivity index (χ0) is 21.7. The van der Waals surface area contributed by atoms with E-state index in [0.717, 1.165) is 19.3 Å². The Bertz CT molecular complexity index is 916. The summed E-state index contributed by atoms with van der Waals surface area (Å²) in [6.07, 6.45) is 3.22. The van der Waals surface area contributed by atoms with E-state index < -0.39 is 0 Å². The molecule has 2 aromatic rings. The van der Waals surface area contributed by atoms with E-state index in [-0.39, 0.29) is 36.1 Å². The highest BCUT2D eigenvalue weighted by Gasteiger charge is 2.30. The molecule has 1 unspecified atom stereocenters. The van der Waals surface area contributed by atoms with Crippen molar-refractivity contribution in [3.8, 4) is 0 Å². The first-order valence-electron chi connectivity index (χ1n) is 10.3. The third kappa shape index (κ3) is 5.69. The molecule has 0 saturated heterocycles. The summed E-state index contributed by atoms with van der Waals surface area (Å²) >= 11 is 1.51. The van der Waals surface area contributed by atoms with Gasteiger partial charge in [0, 0.05) is 23.4 Å². The van der Waals surface area contributed by atoms with E-state index in [9.17, 15) is 14.4 Å². The second-order valence-electron chi connectivity index (χ2n) is 8.74. The number of aryl methyl sites for hydroxylation is 1. The van der Waals surface area contributed by atoms with Crippen molar-refractivity contribution in [3.05, 3.63) is 57.3 Å². The minimum Gasteiger partial charge on any atom is -0.352 e. The van der Waals surface area contributed by atoms with Crippen LogP contribution in [-0.4, -0.2) is 24.3 Å². The molecule has 0 bridgehead atoms. The molecule has 160 valence electrons. The van der Waals surface area contributed by atoms with Crippen molar-refractivity contribution in [2.45, 2.75) is 46.5 Å². The molecule has 3 amide bonds. The molecule has 0 aliphatic heterocycles. The highest BCUT2D eigenvalue weighted by Crippen LogP contribution is 2.40. The largest absolute Gasteiger partial charge is 0.352 e. The Morgan fingerprint density at radius 1 is 1.07 bits per heavy atom. The van der Waals surface area contributed by atoms with Crippen LogP contribution in [0.5, 0.6) is 0 Å². The molecule has 1 aromatic heterocycles. The van der Waals surface area contributed by atoms with Crippen molar-refractivity contribution in [1.82, 2.24) is 16.2 Å². The third-order valence-electron chi connectivity index (χ3n) is 5.52. The van der Waals surface area contributed by atoms with Crippen LogP contribution in [0, 0.1) is 11.3 Å². The Labute approximate surface area is 181 Å². The van der Waals surface area contributed by atoms with Crippen molar-refractivity contribution < 1.29 is 14.4 Å². The summed E-state index contributed by atoms with van der Waals surface area (Å²) in [6.45, 7) is 6.98. The van der Waals surface area contributed by atoms with Crippen LogP contribution in [0.1, 0.15) is 64.1 Å². The van der Waals surface area contributed by atoms with Crippen molar-refractivity contribution in [1.29, 1.82) is 0 Å². The summed E-state index contributed by atoms with van der Waals surface area (Å²) in [5.41, 5.74) is 6.96. The van der Waals surface area contributed by atoms with Gasteiger partial charge in [0.05, 0.1) is 4.88 Å². The lowest BCUT2D eigenvalue weighted by molar-refractivity contribution is -0.121. The molecule has 0 radical (unpaired) electrons. The van der Waals surface area contributed by atoms with Crippen LogP contribution in [0.15, 0.2) is 36.4 Å². The summed E-state index contributed by atoms with van der Waals surface area (Å²) in [5.74, 6) is -0.277. The van der Waals surface area contributed by atoms with Gasteiger partial charge in [-0.05, 0) is 54.4 Å². The number of hydrazine groups is 1. The van der Waals surface area contributed by atoms with Gasteiger partial charge in [-0.1, -0.05) is 39.0 Å². The molecule has 1 atom stereocenters. The van der Waals surface area contributed by atoms with Gasteiger partial charge in [-0.15, -0.1) is 11.3 Å². The number of carbonyl (C=O) groups excluding carboxylic acids is 3. The Kier molecular flexibility index (Phi) is 6.92. The molecule has 7 heteroatoms. The lowest BCUT2D eigenvalue weighted by Gasteiger charge is -2.33. The molecule has 1 aliphatic rings. The number of thiophene rings is 1. The van der Waals surface area contributed by atoms with Crippen LogP contribution in [-0.2, 0) is 17.6 Å². The monoisotopic (exact) mass is 427 g/mol. The van der Waals surface area contributed by atoms with E-state index in [0.29, 0.717) is 16.4 Å². The Hall–Kier alpha value is -2.67. The molecule has 3 N–H and O–H groups in total. The van der Waals surface area contributed by atoms with E-state index in [1.165, 1.54) is 21.8 Å². The van der Waals surface area contributed by atoms with Crippen LogP contribution in [0.25, 0.3) is 0 Å². The van der Waals surface area contributed by atoms with Crippen molar-refractivity contribution in [3.63, 3.8) is 0 Å². The number of hydrogen-bond acceptors (Lipinski definition) is 4. The normalized spacial score (nSPS) is 15.8. The van der Waals surface area contributed by atoms with Crippen molar-refractivity contribution in [2.24, 2.45) is 11.3 Å². The van der Waals surface area contributed by atoms with Gasteiger partial charge < -0.3 is 5.32 Å². The number of hydrogen-bond donors (Lipinski definition) is 3. The SMILES string of the molecule is CC(C)(C)C1CCc2sc(C(=O)NNC(=O)CCNC(=O)c3ccccc3)cc2C1. The highest BCUT2D eigenvalue weighted by atomic mass is 32.1. The van der Waals surface area contributed by atoms with Crippen LogP contribution in [0.2, 0.25) is 0 Å². The average molecular weight is 428 g/mol. The topological polar surface area (TPSA) is 87.3 Å². The van der Waals surface area contributed by atoms with E-state index in [2.05, 4.69) is 36.9 Å². The molecular formula is C23H29N3O3S. The minimum atomic E-state index is -0.356. The van der Waals surface area contributed by atoms with Gasteiger partial charge in [0.15, 0.2) is 0 Å². The van der Waals surface area contributed by atoms with Crippen molar-refractivity contribution >= 4 is 29.1 Å². The fraction of sp³-hybridized carbons (Fsp3) is 0.435. The van der Waals surface area contributed by atoms with Gasteiger partial charge in [0.25, 0.3) is 11.8 Å². The Morgan fingerprint density at radius 3 is 2.50 bits per heavy atom. The maximum Gasteiger partial charge on any atom is 0.279 e. The molecule has 30 heavy (non-hydrogen) atoms. The second kappa shape index (κ2) is 9.43. The fourth-order valence-electron chi connectivity index (χ4n) is 3.61. The molecule has 0 spiro atoms. The lowest BCUT2D eigenvalue weighted by atomic mass is 9.72. The molecule has 6 nitrogen and oxygen atoms in total. The number of fused-ring (bicyclic) bond motifs is 1.